The van der Waals surface area contributed by atoms with Crippen LogP contribution in [0, 0.1) is 5.41 Å². The van der Waals surface area contributed by atoms with Gasteiger partial charge in [0.1, 0.15) is 0 Å². The number of hydrogen-bond donors (Lipinski definition) is 0. The van der Waals surface area contributed by atoms with Gasteiger partial charge in [0.2, 0.25) is 0 Å². The Morgan fingerprint density at radius 1 is 1.05 bits per heavy atom. The molecule has 0 spiro atoms. The molecule has 2 rings (SSSR count). The molecule has 1 saturated carbocycles. The summed E-state index contributed by atoms with van der Waals surface area (Å²) in [6.07, 6.45) is 6.53. The van der Waals surface area contributed by atoms with Crippen LogP contribution < -0.4 is 9.47 Å². The maximum absolute atomic E-state index is 6.07. The molecule has 1 aliphatic rings. The highest BCUT2D eigenvalue weighted by Crippen LogP contribution is 2.39. The molecule has 19 heavy (non-hydrogen) atoms. The fourth-order valence-corrected chi connectivity index (χ4v) is 3.42. The second kappa shape index (κ2) is 7.18. The Morgan fingerprint density at radius 3 is 2.26 bits per heavy atom. The predicted octanol–water partition coefficient (Wildman–Crippen LogP) is 4.81. The number of rotatable bonds is 6. The van der Waals surface area contributed by atoms with Crippen molar-refractivity contribution in [1.29, 1.82) is 0 Å². The first-order chi connectivity index (χ1) is 9.29. The minimum Gasteiger partial charge on any atom is -0.490 e. The molecule has 0 radical (unpaired) electrons. The third-order valence-electron chi connectivity index (χ3n) is 3.88. The molecule has 0 N–H and O–H groups in total. The highest BCUT2D eigenvalue weighted by molar-refractivity contribution is 9.09. The first kappa shape index (κ1) is 14.7. The topological polar surface area (TPSA) is 18.5 Å². The lowest BCUT2D eigenvalue weighted by Crippen LogP contribution is -2.32. The fourth-order valence-electron chi connectivity index (χ4n) is 2.69. The Hall–Kier alpha value is -0.700. The molecule has 0 amide bonds. The lowest BCUT2D eigenvalue weighted by molar-refractivity contribution is 0.118. The smallest absolute Gasteiger partial charge is 0.161 e. The van der Waals surface area contributed by atoms with E-state index >= 15 is 0 Å². The molecule has 1 aromatic carbocycles. The van der Waals surface area contributed by atoms with Gasteiger partial charge in [-0.2, -0.15) is 0 Å². The van der Waals surface area contributed by atoms with E-state index in [1.54, 1.807) is 0 Å². The van der Waals surface area contributed by atoms with Gasteiger partial charge < -0.3 is 9.47 Å². The van der Waals surface area contributed by atoms with Crippen molar-refractivity contribution in [1.82, 2.24) is 0 Å². The van der Waals surface area contributed by atoms with Crippen molar-refractivity contribution in [2.24, 2.45) is 5.41 Å². The molecule has 0 saturated heterocycles. The summed E-state index contributed by atoms with van der Waals surface area (Å²) in [6, 6.07) is 7.95. The molecule has 0 heterocycles. The average Bonchev–Trinajstić information content (AvgIpc) is 2.48. The highest BCUT2D eigenvalue weighted by atomic mass is 79.9. The molecule has 0 unspecified atom stereocenters. The number of halogens is 1. The minimum atomic E-state index is 0.303. The van der Waals surface area contributed by atoms with E-state index < -0.39 is 0 Å². The van der Waals surface area contributed by atoms with Gasteiger partial charge in [-0.1, -0.05) is 47.3 Å². The number of ether oxygens (including phenoxy) is 2. The number of alkyl halides is 1. The van der Waals surface area contributed by atoms with Crippen molar-refractivity contribution in [3.05, 3.63) is 24.3 Å². The van der Waals surface area contributed by atoms with Crippen LogP contribution in [0.1, 0.15) is 39.0 Å². The molecule has 0 atom stereocenters. The van der Waals surface area contributed by atoms with E-state index in [4.69, 9.17) is 9.47 Å². The van der Waals surface area contributed by atoms with E-state index in [2.05, 4.69) is 15.9 Å². The van der Waals surface area contributed by atoms with Gasteiger partial charge in [0, 0.05) is 10.7 Å². The van der Waals surface area contributed by atoms with Crippen LogP contribution in [0.2, 0.25) is 0 Å². The maximum atomic E-state index is 6.07. The van der Waals surface area contributed by atoms with Gasteiger partial charge in [-0.15, -0.1) is 0 Å². The van der Waals surface area contributed by atoms with E-state index in [9.17, 15) is 0 Å². The molecule has 1 aliphatic carbocycles. The lowest BCUT2D eigenvalue weighted by Gasteiger charge is -2.35. The summed E-state index contributed by atoms with van der Waals surface area (Å²) in [5.74, 6) is 1.72. The Bertz CT molecular complexity index is 386. The van der Waals surface area contributed by atoms with Crippen molar-refractivity contribution in [3.63, 3.8) is 0 Å². The molecule has 1 aromatic rings. The van der Waals surface area contributed by atoms with Crippen molar-refractivity contribution < 1.29 is 9.47 Å². The summed E-state index contributed by atoms with van der Waals surface area (Å²) in [5, 5.41) is 1.02. The Balaban J connectivity index is 2.00. The van der Waals surface area contributed by atoms with Crippen molar-refractivity contribution >= 4 is 15.9 Å². The minimum absolute atomic E-state index is 0.303. The summed E-state index contributed by atoms with van der Waals surface area (Å²) < 4.78 is 11.7. The number of hydrogen-bond acceptors (Lipinski definition) is 2. The summed E-state index contributed by atoms with van der Waals surface area (Å²) >= 11 is 3.68. The zero-order valence-electron chi connectivity index (χ0n) is 11.7. The zero-order chi connectivity index (χ0) is 13.6. The van der Waals surface area contributed by atoms with E-state index in [-0.39, 0.29) is 0 Å². The molecule has 106 valence electrons. The van der Waals surface area contributed by atoms with E-state index in [1.807, 2.05) is 31.2 Å². The Kier molecular flexibility index (Phi) is 5.56. The van der Waals surface area contributed by atoms with Gasteiger partial charge >= 0.3 is 0 Å². The first-order valence-electron chi connectivity index (χ1n) is 7.20. The van der Waals surface area contributed by atoms with Crippen LogP contribution in [0.5, 0.6) is 11.5 Å². The summed E-state index contributed by atoms with van der Waals surface area (Å²) in [7, 11) is 0. The SMILES string of the molecule is CCOc1ccccc1OCC1(CBr)CCCCC1. The van der Waals surface area contributed by atoms with Crippen LogP contribution in [-0.2, 0) is 0 Å². The highest BCUT2D eigenvalue weighted by Gasteiger charge is 2.32. The summed E-state index contributed by atoms with van der Waals surface area (Å²) in [6.45, 7) is 3.45. The Labute approximate surface area is 124 Å². The van der Waals surface area contributed by atoms with Gasteiger partial charge in [-0.3, -0.25) is 0 Å². The average molecular weight is 327 g/mol. The first-order valence-corrected chi connectivity index (χ1v) is 8.32. The third-order valence-corrected chi connectivity index (χ3v) is 5.07. The van der Waals surface area contributed by atoms with Crippen LogP contribution in [0.4, 0.5) is 0 Å². The van der Waals surface area contributed by atoms with Crippen LogP contribution >= 0.6 is 15.9 Å². The maximum Gasteiger partial charge on any atom is 0.161 e. The Morgan fingerprint density at radius 2 is 1.68 bits per heavy atom. The van der Waals surface area contributed by atoms with Crippen LogP contribution in [0.3, 0.4) is 0 Å². The lowest BCUT2D eigenvalue weighted by atomic mass is 9.76. The van der Waals surface area contributed by atoms with Gasteiger partial charge in [0.15, 0.2) is 11.5 Å². The van der Waals surface area contributed by atoms with E-state index in [0.717, 1.165) is 23.4 Å². The molecule has 1 fully saturated rings. The largest absolute Gasteiger partial charge is 0.490 e. The standard InChI is InChI=1S/C16H23BrO2/c1-2-18-14-8-4-5-9-15(14)19-13-16(12-17)10-6-3-7-11-16/h4-5,8-9H,2-3,6-7,10-13H2,1H3. The monoisotopic (exact) mass is 326 g/mol. The van der Waals surface area contributed by atoms with Gasteiger partial charge in [-0.05, 0) is 31.9 Å². The van der Waals surface area contributed by atoms with Crippen molar-refractivity contribution in [2.45, 2.75) is 39.0 Å². The van der Waals surface area contributed by atoms with Crippen molar-refractivity contribution in [3.8, 4) is 11.5 Å². The molecular weight excluding hydrogens is 304 g/mol. The van der Waals surface area contributed by atoms with Crippen LogP contribution in [-0.4, -0.2) is 18.5 Å². The molecule has 2 nitrogen and oxygen atoms in total. The van der Waals surface area contributed by atoms with Crippen LogP contribution in [0.25, 0.3) is 0 Å². The fraction of sp³-hybridized carbons (Fsp3) is 0.625. The normalized spacial score (nSPS) is 18.0. The second-order valence-electron chi connectivity index (χ2n) is 5.36. The van der Waals surface area contributed by atoms with Crippen LogP contribution in [0.15, 0.2) is 24.3 Å². The predicted molar refractivity (Wildman–Crippen MR) is 82.4 cm³/mol. The quantitative estimate of drug-likeness (QED) is 0.698. The zero-order valence-corrected chi connectivity index (χ0v) is 13.2. The molecule has 0 aliphatic heterocycles. The van der Waals surface area contributed by atoms with Gasteiger partial charge in [0.05, 0.1) is 13.2 Å². The summed E-state index contributed by atoms with van der Waals surface area (Å²) in [4.78, 5) is 0. The molecule has 3 heteroatoms. The second-order valence-corrected chi connectivity index (χ2v) is 5.92. The third kappa shape index (κ3) is 3.88. The molecular formula is C16H23BrO2. The molecule has 0 bridgehead atoms. The number of para-hydroxylation sites is 2. The van der Waals surface area contributed by atoms with E-state index in [1.165, 1.54) is 32.1 Å². The summed E-state index contributed by atoms with van der Waals surface area (Å²) in [5.41, 5.74) is 0.303. The van der Waals surface area contributed by atoms with Gasteiger partial charge in [0.25, 0.3) is 0 Å². The number of benzene rings is 1. The van der Waals surface area contributed by atoms with Gasteiger partial charge in [-0.25, -0.2) is 0 Å². The van der Waals surface area contributed by atoms with Crippen molar-refractivity contribution in [2.75, 3.05) is 18.5 Å². The molecule has 0 aromatic heterocycles. The van der Waals surface area contributed by atoms with E-state index in [0.29, 0.717) is 12.0 Å².